The second-order valence-corrected chi connectivity index (χ2v) is 11.7. The fraction of sp³-hybridized carbons (Fsp3) is 0.815. The summed E-state index contributed by atoms with van der Waals surface area (Å²) < 4.78 is 0. The molecule has 1 amide bonds. The summed E-state index contributed by atoms with van der Waals surface area (Å²) in [6, 6.07) is 2.39. The molecular formula is C27H44N6O. The van der Waals surface area contributed by atoms with E-state index >= 15 is 0 Å². The van der Waals surface area contributed by atoms with Gasteiger partial charge in [-0.15, -0.1) is 0 Å². The average molecular weight is 469 g/mol. The molecule has 4 fully saturated rings. The molecule has 7 heteroatoms. The Labute approximate surface area is 205 Å². The Bertz CT molecular complexity index is 812. The highest BCUT2D eigenvalue weighted by molar-refractivity contribution is 5.78. The summed E-state index contributed by atoms with van der Waals surface area (Å²) in [6.07, 6.45) is 11.4. The Kier molecular flexibility index (Phi) is 7.12. The lowest BCUT2D eigenvalue weighted by Gasteiger charge is -2.43. The summed E-state index contributed by atoms with van der Waals surface area (Å²) in [5, 5.41) is 0. The largest absolute Gasteiger partial charge is 0.342 e. The van der Waals surface area contributed by atoms with E-state index in [2.05, 4.69) is 45.8 Å². The fourth-order valence-corrected chi connectivity index (χ4v) is 6.77. The maximum absolute atomic E-state index is 12.3. The highest BCUT2D eigenvalue weighted by Crippen LogP contribution is 2.35. The first-order chi connectivity index (χ1) is 16.4. The van der Waals surface area contributed by atoms with Crippen LogP contribution in [0, 0.1) is 5.92 Å². The molecule has 7 nitrogen and oxygen atoms in total. The van der Waals surface area contributed by atoms with Crippen LogP contribution in [0.5, 0.6) is 0 Å². The Balaban J connectivity index is 1.12. The van der Waals surface area contributed by atoms with Crippen molar-refractivity contribution in [2.24, 2.45) is 5.92 Å². The van der Waals surface area contributed by atoms with Gasteiger partial charge < -0.3 is 14.7 Å². The van der Waals surface area contributed by atoms with Crippen molar-refractivity contribution >= 4 is 11.9 Å². The molecule has 0 aliphatic carbocycles. The van der Waals surface area contributed by atoms with E-state index in [1.165, 1.54) is 31.2 Å². The number of carbonyl (C=O) groups excluding carboxylic acids is 1. The Morgan fingerprint density at radius 3 is 1.94 bits per heavy atom. The third-order valence-corrected chi connectivity index (χ3v) is 8.92. The molecule has 0 saturated carbocycles. The second kappa shape index (κ2) is 10.1. The summed E-state index contributed by atoms with van der Waals surface area (Å²) in [5.41, 5.74) is 1.31. The van der Waals surface area contributed by atoms with Crippen molar-refractivity contribution in [2.45, 2.75) is 96.3 Å². The van der Waals surface area contributed by atoms with Crippen molar-refractivity contribution in [3.8, 4) is 0 Å². The van der Waals surface area contributed by atoms with Gasteiger partial charge in [0.05, 0.1) is 0 Å². The Morgan fingerprint density at radius 1 is 0.824 bits per heavy atom. The van der Waals surface area contributed by atoms with Crippen molar-refractivity contribution in [1.29, 1.82) is 0 Å². The van der Waals surface area contributed by atoms with Gasteiger partial charge in [-0.05, 0) is 76.9 Å². The van der Waals surface area contributed by atoms with Crippen LogP contribution in [0.2, 0.25) is 0 Å². The monoisotopic (exact) mass is 468 g/mol. The number of hydrogen-bond donors (Lipinski definition) is 0. The van der Waals surface area contributed by atoms with Gasteiger partial charge in [0.15, 0.2) is 0 Å². The number of rotatable bonds is 5. The third-order valence-electron chi connectivity index (χ3n) is 8.92. The Morgan fingerprint density at radius 2 is 1.41 bits per heavy atom. The number of fused-ring (bicyclic) bond motifs is 2. The molecule has 0 spiro atoms. The molecule has 0 radical (unpaired) electrons. The van der Waals surface area contributed by atoms with Crippen molar-refractivity contribution in [1.82, 2.24) is 24.7 Å². The van der Waals surface area contributed by atoms with Gasteiger partial charge in [-0.2, -0.15) is 0 Å². The zero-order valence-electron chi connectivity index (χ0n) is 21.7. The number of piperazine rings is 1. The standard InChI is InChI=1S/C27H44N6O/c1-19(2)26(34)31-13-9-23(10-14-31)30-11-7-21(8-12-30)22-15-28-27(29-16-22)33-24-5-6-25(33)18-32(17-24)20(3)4/h15-16,19-21,23-25H,5-14,17-18H2,1-4H3. The van der Waals surface area contributed by atoms with Crippen LogP contribution in [0.15, 0.2) is 12.4 Å². The topological polar surface area (TPSA) is 55.8 Å². The van der Waals surface area contributed by atoms with Gasteiger partial charge in [0.1, 0.15) is 0 Å². The van der Waals surface area contributed by atoms with Crippen molar-refractivity contribution < 1.29 is 4.79 Å². The number of amides is 1. The van der Waals surface area contributed by atoms with E-state index in [1.54, 1.807) is 0 Å². The maximum atomic E-state index is 12.3. The molecule has 4 aliphatic heterocycles. The van der Waals surface area contributed by atoms with E-state index < -0.39 is 0 Å². The fourth-order valence-electron chi connectivity index (χ4n) is 6.77. The van der Waals surface area contributed by atoms with E-state index in [1.807, 2.05) is 13.8 Å². The van der Waals surface area contributed by atoms with Crippen LogP contribution >= 0.6 is 0 Å². The number of carbonyl (C=O) groups is 1. The van der Waals surface area contributed by atoms with E-state index in [4.69, 9.17) is 9.97 Å². The molecule has 2 unspecified atom stereocenters. The zero-order valence-corrected chi connectivity index (χ0v) is 21.7. The smallest absolute Gasteiger partial charge is 0.225 e. The van der Waals surface area contributed by atoms with Crippen molar-refractivity contribution in [3.05, 3.63) is 18.0 Å². The van der Waals surface area contributed by atoms with Crippen LogP contribution in [0.3, 0.4) is 0 Å². The van der Waals surface area contributed by atoms with E-state index in [0.29, 0.717) is 36.0 Å². The molecule has 5 heterocycles. The predicted octanol–water partition coefficient (Wildman–Crippen LogP) is 3.36. The van der Waals surface area contributed by atoms with Crippen LogP contribution in [0.25, 0.3) is 0 Å². The summed E-state index contributed by atoms with van der Waals surface area (Å²) in [7, 11) is 0. The molecule has 2 bridgehead atoms. The highest BCUT2D eigenvalue weighted by atomic mass is 16.2. The zero-order chi connectivity index (χ0) is 23.8. The molecular weight excluding hydrogens is 424 g/mol. The van der Waals surface area contributed by atoms with Crippen LogP contribution in [0.4, 0.5) is 5.95 Å². The number of aromatic nitrogens is 2. The number of hydrogen-bond acceptors (Lipinski definition) is 6. The first kappa shape index (κ1) is 24.0. The molecule has 34 heavy (non-hydrogen) atoms. The van der Waals surface area contributed by atoms with Gasteiger partial charge in [0.2, 0.25) is 11.9 Å². The van der Waals surface area contributed by atoms with Gasteiger partial charge in [0.25, 0.3) is 0 Å². The molecule has 1 aromatic heterocycles. The maximum Gasteiger partial charge on any atom is 0.225 e. The molecule has 0 N–H and O–H groups in total. The second-order valence-electron chi connectivity index (χ2n) is 11.7. The first-order valence-electron chi connectivity index (χ1n) is 13.8. The van der Waals surface area contributed by atoms with Crippen LogP contribution in [0.1, 0.15) is 77.7 Å². The molecule has 1 aromatic rings. The third kappa shape index (κ3) is 4.83. The molecule has 4 saturated heterocycles. The van der Waals surface area contributed by atoms with Crippen LogP contribution in [-0.4, -0.2) is 94.0 Å². The number of piperidine rings is 2. The highest BCUT2D eigenvalue weighted by Gasteiger charge is 2.41. The van der Waals surface area contributed by atoms with Gasteiger partial charge in [0, 0.05) is 68.7 Å². The Hall–Kier alpha value is -1.73. The summed E-state index contributed by atoms with van der Waals surface area (Å²) in [5.74, 6) is 1.94. The van der Waals surface area contributed by atoms with Gasteiger partial charge in [-0.3, -0.25) is 9.69 Å². The predicted molar refractivity (Wildman–Crippen MR) is 136 cm³/mol. The van der Waals surface area contributed by atoms with Crippen LogP contribution in [-0.2, 0) is 4.79 Å². The first-order valence-corrected chi connectivity index (χ1v) is 13.8. The van der Waals surface area contributed by atoms with Gasteiger partial charge in [-0.25, -0.2) is 9.97 Å². The van der Waals surface area contributed by atoms with E-state index in [-0.39, 0.29) is 5.92 Å². The van der Waals surface area contributed by atoms with E-state index in [9.17, 15) is 4.79 Å². The number of anilines is 1. The minimum absolute atomic E-state index is 0.112. The quantitative estimate of drug-likeness (QED) is 0.661. The van der Waals surface area contributed by atoms with Crippen LogP contribution < -0.4 is 4.90 Å². The van der Waals surface area contributed by atoms with Gasteiger partial charge >= 0.3 is 0 Å². The minimum atomic E-state index is 0.112. The van der Waals surface area contributed by atoms with Crippen molar-refractivity contribution in [3.63, 3.8) is 0 Å². The normalized spacial score (nSPS) is 27.8. The SMILES string of the molecule is CC(C)C(=O)N1CCC(N2CCC(c3cnc(N4C5CCC4CN(C(C)C)C5)nc3)CC2)CC1. The summed E-state index contributed by atoms with van der Waals surface area (Å²) >= 11 is 0. The lowest BCUT2D eigenvalue weighted by atomic mass is 9.89. The van der Waals surface area contributed by atoms with Crippen molar-refractivity contribution in [2.75, 3.05) is 44.2 Å². The molecule has 5 rings (SSSR count). The lowest BCUT2D eigenvalue weighted by Crippen LogP contribution is -2.56. The minimum Gasteiger partial charge on any atom is -0.342 e. The molecule has 4 aliphatic rings. The number of likely N-dealkylation sites (tertiary alicyclic amines) is 3. The molecule has 0 aromatic carbocycles. The molecule has 2 atom stereocenters. The average Bonchev–Trinajstić information content (AvgIpc) is 3.12. The summed E-state index contributed by atoms with van der Waals surface area (Å²) in [6.45, 7) is 15.1. The number of nitrogens with zero attached hydrogens (tertiary/aromatic N) is 6. The lowest BCUT2D eigenvalue weighted by molar-refractivity contribution is -0.136. The van der Waals surface area contributed by atoms with Gasteiger partial charge in [-0.1, -0.05) is 13.8 Å². The summed E-state index contributed by atoms with van der Waals surface area (Å²) in [4.78, 5) is 31.9. The van der Waals surface area contributed by atoms with E-state index in [0.717, 1.165) is 58.1 Å². The molecule has 188 valence electrons.